The number of nitrogens with zero attached hydrogens (tertiary/aromatic N) is 3. The Hall–Kier alpha value is -1.60. The Morgan fingerprint density at radius 1 is 1.23 bits per heavy atom. The van der Waals surface area contributed by atoms with Gasteiger partial charge in [-0.1, -0.05) is 13.8 Å². The van der Waals surface area contributed by atoms with E-state index in [2.05, 4.69) is 18.8 Å². The molecule has 2 amide bonds. The molecule has 7 heteroatoms. The predicted octanol–water partition coefficient (Wildman–Crippen LogP) is 2.29. The SMILES string of the molecule is CC(C)Sc1ncccc1C(=O)N1CCC[C@@H](C(=O)N2CCOCC2)C1. The number of hydrogen-bond donors (Lipinski definition) is 0. The highest BCUT2D eigenvalue weighted by Crippen LogP contribution is 2.27. The third kappa shape index (κ3) is 4.57. The maximum atomic E-state index is 13.1. The first-order chi connectivity index (χ1) is 12.6. The molecule has 3 rings (SSSR count). The lowest BCUT2D eigenvalue weighted by atomic mass is 9.95. The van der Waals surface area contributed by atoms with E-state index in [9.17, 15) is 9.59 Å². The van der Waals surface area contributed by atoms with E-state index < -0.39 is 0 Å². The average Bonchev–Trinajstić information content (AvgIpc) is 2.67. The maximum Gasteiger partial charge on any atom is 0.256 e. The molecule has 0 saturated carbocycles. The first kappa shape index (κ1) is 19.2. The van der Waals surface area contributed by atoms with Gasteiger partial charge in [0, 0.05) is 37.6 Å². The molecule has 6 nitrogen and oxygen atoms in total. The molecule has 1 atom stereocenters. The number of hydrogen-bond acceptors (Lipinski definition) is 5. The zero-order valence-corrected chi connectivity index (χ0v) is 16.3. The van der Waals surface area contributed by atoms with Crippen molar-refractivity contribution < 1.29 is 14.3 Å². The predicted molar refractivity (Wildman–Crippen MR) is 101 cm³/mol. The molecule has 0 radical (unpaired) electrons. The number of ether oxygens (including phenoxy) is 1. The van der Waals surface area contributed by atoms with Gasteiger partial charge in [-0.05, 0) is 25.0 Å². The van der Waals surface area contributed by atoms with Crippen LogP contribution in [0.25, 0.3) is 0 Å². The van der Waals surface area contributed by atoms with Gasteiger partial charge in [-0.25, -0.2) is 4.98 Å². The maximum absolute atomic E-state index is 13.1. The Kier molecular flexibility index (Phi) is 6.53. The molecule has 2 aliphatic rings. The van der Waals surface area contributed by atoms with Gasteiger partial charge in [0.25, 0.3) is 5.91 Å². The zero-order chi connectivity index (χ0) is 18.5. The van der Waals surface area contributed by atoms with Gasteiger partial charge in [0.05, 0.1) is 24.7 Å². The molecule has 2 aliphatic heterocycles. The molecule has 0 N–H and O–H groups in total. The number of morpholine rings is 1. The highest BCUT2D eigenvalue weighted by molar-refractivity contribution is 7.99. The van der Waals surface area contributed by atoms with E-state index in [4.69, 9.17) is 4.74 Å². The number of carbonyl (C=O) groups excluding carboxylic acids is 2. The molecule has 142 valence electrons. The smallest absolute Gasteiger partial charge is 0.256 e. The summed E-state index contributed by atoms with van der Waals surface area (Å²) < 4.78 is 5.33. The summed E-state index contributed by atoms with van der Waals surface area (Å²) in [6.45, 7) is 7.89. The molecule has 1 aromatic rings. The third-order valence-corrected chi connectivity index (χ3v) is 5.75. The number of aromatic nitrogens is 1. The van der Waals surface area contributed by atoms with E-state index in [1.54, 1.807) is 24.0 Å². The molecule has 0 bridgehead atoms. The van der Waals surface area contributed by atoms with Crippen LogP contribution in [0.1, 0.15) is 37.0 Å². The molecular formula is C19H27N3O3S. The standard InChI is InChI=1S/C19H27N3O3S/c1-14(2)26-17-16(6-3-7-20-17)19(24)22-8-4-5-15(13-22)18(23)21-9-11-25-12-10-21/h3,6-7,14-15H,4-5,8-13H2,1-2H3/t15-/m1/s1. The largest absolute Gasteiger partial charge is 0.378 e. The van der Waals surface area contributed by atoms with Gasteiger partial charge >= 0.3 is 0 Å². The second-order valence-corrected chi connectivity index (χ2v) is 8.62. The number of likely N-dealkylation sites (tertiary alicyclic amines) is 1. The Labute approximate surface area is 159 Å². The minimum Gasteiger partial charge on any atom is -0.378 e. The van der Waals surface area contributed by atoms with Crippen LogP contribution in [0.4, 0.5) is 0 Å². The Bertz CT molecular complexity index is 647. The van der Waals surface area contributed by atoms with Crippen molar-refractivity contribution in [3.8, 4) is 0 Å². The van der Waals surface area contributed by atoms with Gasteiger partial charge in [-0.3, -0.25) is 9.59 Å². The minimum absolute atomic E-state index is 0.0132. The van der Waals surface area contributed by atoms with Crippen molar-refractivity contribution in [3.63, 3.8) is 0 Å². The van der Waals surface area contributed by atoms with Gasteiger partial charge in [-0.15, -0.1) is 11.8 Å². The van der Waals surface area contributed by atoms with E-state index in [-0.39, 0.29) is 17.7 Å². The Balaban J connectivity index is 1.69. The fraction of sp³-hybridized carbons (Fsp3) is 0.632. The lowest BCUT2D eigenvalue weighted by Gasteiger charge is -2.36. The molecule has 0 aromatic carbocycles. The molecule has 2 fully saturated rings. The van der Waals surface area contributed by atoms with Crippen LogP contribution in [0, 0.1) is 5.92 Å². The van der Waals surface area contributed by atoms with Gasteiger partial charge < -0.3 is 14.5 Å². The molecular weight excluding hydrogens is 350 g/mol. The van der Waals surface area contributed by atoms with E-state index in [1.807, 2.05) is 15.9 Å². The van der Waals surface area contributed by atoms with Crippen LogP contribution in [-0.4, -0.2) is 71.2 Å². The number of rotatable bonds is 4. The number of pyridine rings is 1. The van der Waals surface area contributed by atoms with Crippen molar-refractivity contribution in [2.75, 3.05) is 39.4 Å². The summed E-state index contributed by atoms with van der Waals surface area (Å²) in [4.78, 5) is 34.0. The Morgan fingerprint density at radius 2 is 2.00 bits per heavy atom. The first-order valence-corrected chi connectivity index (χ1v) is 10.2. The van der Waals surface area contributed by atoms with Gasteiger partial charge in [0.15, 0.2) is 0 Å². The van der Waals surface area contributed by atoms with Gasteiger partial charge in [0.2, 0.25) is 5.91 Å². The quantitative estimate of drug-likeness (QED) is 0.754. The summed E-state index contributed by atoms with van der Waals surface area (Å²) in [7, 11) is 0. The van der Waals surface area contributed by atoms with Gasteiger partial charge in [-0.2, -0.15) is 0 Å². The second kappa shape index (κ2) is 8.86. The number of amides is 2. The number of thioether (sulfide) groups is 1. The van der Waals surface area contributed by atoms with Crippen LogP contribution in [0.3, 0.4) is 0 Å². The normalized spacial score (nSPS) is 21.1. The summed E-state index contributed by atoms with van der Waals surface area (Å²) in [5.74, 6) is 0.0400. The summed E-state index contributed by atoms with van der Waals surface area (Å²) in [6.07, 6.45) is 3.43. The molecule has 2 saturated heterocycles. The van der Waals surface area contributed by atoms with Crippen LogP contribution < -0.4 is 0 Å². The fourth-order valence-electron chi connectivity index (χ4n) is 3.45. The second-order valence-electron chi connectivity index (χ2n) is 7.05. The molecule has 0 aliphatic carbocycles. The molecule has 26 heavy (non-hydrogen) atoms. The van der Waals surface area contributed by atoms with Crippen LogP contribution >= 0.6 is 11.8 Å². The van der Waals surface area contributed by atoms with Crippen molar-refractivity contribution in [1.29, 1.82) is 0 Å². The van der Waals surface area contributed by atoms with Crippen molar-refractivity contribution in [1.82, 2.24) is 14.8 Å². The van der Waals surface area contributed by atoms with Crippen molar-refractivity contribution in [3.05, 3.63) is 23.9 Å². The Morgan fingerprint density at radius 3 is 2.73 bits per heavy atom. The number of piperidine rings is 1. The summed E-state index contributed by atoms with van der Waals surface area (Å²) in [5, 5.41) is 1.13. The summed E-state index contributed by atoms with van der Waals surface area (Å²) >= 11 is 1.60. The molecule has 3 heterocycles. The first-order valence-electron chi connectivity index (χ1n) is 9.33. The zero-order valence-electron chi connectivity index (χ0n) is 15.5. The highest BCUT2D eigenvalue weighted by atomic mass is 32.2. The molecule has 1 aromatic heterocycles. The monoisotopic (exact) mass is 377 g/mol. The summed E-state index contributed by atoms with van der Waals surface area (Å²) in [5.41, 5.74) is 0.644. The highest BCUT2D eigenvalue weighted by Gasteiger charge is 2.32. The van der Waals surface area contributed by atoms with E-state index in [0.717, 1.165) is 17.9 Å². The van der Waals surface area contributed by atoms with E-state index >= 15 is 0 Å². The van der Waals surface area contributed by atoms with E-state index in [0.29, 0.717) is 50.2 Å². The lowest BCUT2D eigenvalue weighted by Crippen LogP contribution is -2.49. The van der Waals surface area contributed by atoms with Crippen LogP contribution in [0.2, 0.25) is 0 Å². The third-order valence-electron chi connectivity index (χ3n) is 4.73. The van der Waals surface area contributed by atoms with Gasteiger partial charge in [0.1, 0.15) is 5.03 Å². The number of carbonyl (C=O) groups is 2. The fourth-order valence-corrected chi connectivity index (χ4v) is 4.30. The lowest BCUT2D eigenvalue weighted by molar-refractivity contribution is -0.141. The van der Waals surface area contributed by atoms with Crippen LogP contribution in [0.15, 0.2) is 23.4 Å². The van der Waals surface area contributed by atoms with Crippen molar-refractivity contribution in [2.45, 2.75) is 37.0 Å². The molecule has 0 spiro atoms. The van der Waals surface area contributed by atoms with E-state index in [1.165, 1.54) is 0 Å². The van der Waals surface area contributed by atoms with Crippen LogP contribution in [0.5, 0.6) is 0 Å². The average molecular weight is 378 g/mol. The van der Waals surface area contributed by atoms with Crippen molar-refractivity contribution in [2.24, 2.45) is 5.92 Å². The minimum atomic E-state index is -0.108. The topological polar surface area (TPSA) is 62.7 Å². The van der Waals surface area contributed by atoms with Crippen molar-refractivity contribution >= 4 is 23.6 Å². The van der Waals surface area contributed by atoms with Crippen LogP contribution in [-0.2, 0) is 9.53 Å². The molecule has 0 unspecified atom stereocenters. The summed E-state index contributed by atoms with van der Waals surface area (Å²) in [6, 6.07) is 3.64.